The van der Waals surface area contributed by atoms with Gasteiger partial charge in [0, 0.05) is 31.4 Å². The van der Waals surface area contributed by atoms with E-state index in [1.807, 2.05) is 40.1 Å². The van der Waals surface area contributed by atoms with Crippen molar-refractivity contribution in [2.45, 2.75) is 25.0 Å². The number of amides is 1. The Morgan fingerprint density at radius 3 is 3.04 bits per heavy atom. The molecule has 0 spiro atoms. The van der Waals surface area contributed by atoms with Gasteiger partial charge in [0.2, 0.25) is 0 Å². The van der Waals surface area contributed by atoms with E-state index in [-0.39, 0.29) is 18.1 Å². The van der Waals surface area contributed by atoms with E-state index in [4.69, 9.17) is 9.47 Å². The standard InChI is InChI=1S/C18H22N2O3S/c1-22-8-9-23-17-4-7-20(18(21)15-5-10-24-13-15)16(17)11-14-3-2-6-19-12-14/h2-3,5-6,10,12-13,16-17H,4,7-9,11H2,1H3/t16-,17-/m0/s1. The second-order valence-electron chi connectivity index (χ2n) is 5.83. The number of likely N-dealkylation sites (tertiary alicyclic amines) is 1. The Bertz CT molecular complexity index is 633. The number of hydrogen-bond acceptors (Lipinski definition) is 5. The van der Waals surface area contributed by atoms with Gasteiger partial charge in [-0.1, -0.05) is 6.07 Å². The fraction of sp³-hybridized carbons (Fsp3) is 0.444. The van der Waals surface area contributed by atoms with Gasteiger partial charge in [0.25, 0.3) is 5.91 Å². The largest absolute Gasteiger partial charge is 0.382 e. The van der Waals surface area contributed by atoms with Crippen molar-refractivity contribution >= 4 is 17.2 Å². The van der Waals surface area contributed by atoms with Crippen LogP contribution in [0.25, 0.3) is 0 Å². The number of pyridine rings is 1. The molecule has 0 bridgehead atoms. The molecule has 1 aliphatic heterocycles. The van der Waals surface area contributed by atoms with Gasteiger partial charge < -0.3 is 14.4 Å². The maximum absolute atomic E-state index is 12.8. The van der Waals surface area contributed by atoms with Gasteiger partial charge in [-0.2, -0.15) is 11.3 Å². The number of methoxy groups -OCH3 is 1. The van der Waals surface area contributed by atoms with E-state index in [1.54, 1.807) is 24.6 Å². The van der Waals surface area contributed by atoms with Crippen molar-refractivity contribution in [3.05, 3.63) is 52.5 Å². The van der Waals surface area contributed by atoms with Gasteiger partial charge in [0.1, 0.15) is 0 Å². The predicted molar refractivity (Wildman–Crippen MR) is 93.3 cm³/mol. The molecule has 128 valence electrons. The first-order valence-corrected chi connectivity index (χ1v) is 9.06. The van der Waals surface area contributed by atoms with E-state index in [0.29, 0.717) is 13.2 Å². The molecule has 1 aliphatic rings. The molecule has 3 rings (SSSR count). The molecule has 0 aromatic carbocycles. The lowest BCUT2D eigenvalue weighted by atomic mass is 10.0. The van der Waals surface area contributed by atoms with Crippen LogP contribution in [0.15, 0.2) is 41.4 Å². The molecule has 5 nitrogen and oxygen atoms in total. The molecule has 3 heterocycles. The highest BCUT2D eigenvalue weighted by atomic mass is 32.1. The molecule has 0 unspecified atom stereocenters. The molecule has 24 heavy (non-hydrogen) atoms. The highest BCUT2D eigenvalue weighted by Gasteiger charge is 2.38. The van der Waals surface area contributed by atoms with Crippen molar-refractivity contribution in [3.8, 4) is 0 Å². The molecule has 1 fully saturated rings. The van der Waals surface area contributed by atoms with E-state index in [0.717, 1.165) is 30.5 Å². The molecule has 6 heteroatoms. The summed E-state index contributed by atoms with van der Waals surface area (Å²) in [6.45, 7) is 1.83. The second kappa shape index (κ2) is 8.37. The number of nitrogens with zero attached hydrogens (tertiary/aromatic N) is 2. The van der Waals surface area contributed by atoms with Gasteiger partial charge >= 0.3 is 0 Å². The Labute approximate surface area is 146 Å². The van der Waals surface area contributed by atoms with Crippen LogP contribution < -0.4 is 0 Å². The molecule has 2 aromatic rings. The Balaban J connectivity index is 1.75. The minimum atomic E-state index is 0.0263. The zero-order valence-corrected chi connectivity index (χ0v) is 14.6. The van der Waals surface area contributed by atoms with Crippen LogP contribution in [0.5, 0.6) is 0 Å². The summed E-state index contributed by atoms with van der Waals surface area (Å²) >= 11 is 1.54. The Hall–Kier alpha value is -1.76. The number of carbonyl (C=O) groups excluding carboxylic acids is 1. The highest BCUT2D eigenvalue weighted by Crippen LogP contribution is 2.26. The monoisotopic (exact) mass is 346 g/mol. The maximum atomic E-state index is 12.8. The fourth-order valence-electron chi connectivity index (χ4n) is 3.11. The average molecular weight is 346 g/mol. The molecule has 0 aliphatic carbocycles. The molecule has 1 saturated heterocycles. The van der Waals surface area contributed by atoms with Crippen LogP contribution in [-0.2, 0) is 15.9 Å². The summed E-state index contributed by atoms with van der Waals surface area (Å²) in [6, 6.07) is 5.88. The van der Waals surface area contributed by atoms with Gasteiger partial charge in [-0.15, -0.1) is 0 Å². The van der Waals surface area contributed by atoms with Crippen LogP contribution in [-0.4, -0.2) is 54.8 Å². The van der Waals surface area contributed by atoms with Crippen molar-refractivity contribution in [2.75, 3.05) is 26.9 Å². The number of hydrogen-bond donors (Lipinski definition) is 0. The van der Waals surface area contributed by atoms with E-state index in [2.05, 4.69) is 4.98 Å². The zero-order chi connectivity index (χ0) is 16.8. The van der Waals surface area contributed by atoms with Gasteiger partial charge in [0.05, 0.1) is 30.9 Å². The molecule has 0 radical (unpaired) electrons. The topological polar surface area (TPSA) is 51.7 Å². The van der Waals surface area contributed by atoms with Gasteiger partial charge in [-0.05, 0) is 35.9 Å². The zero-order valence-electron chi connectivity index (χ0n) is 13.8. The van der Waals surface area contributed by atoms with Crippen molar-refractivity contribution in [1.29, 1.82) is 0 Å². The van der Waals surface area contributed by atoms with Gasteiger partial charge in [-0.3, -0.25) is 9.78 Å². The molecule has 1 amide bonds. The molecule has 0 N–H and O–H groups in total. The lowest BCUT2D eigenvalue weighted by Gasteiger charge is -2.28. The van der Waals surface area contributed by atoms with Crippen molar-refractivity contribution < 1.29 is 14.3 Å². The number of thiophene rings is 1. The van der Waals surface area contributed by atoms with E-state index in [9.17, 15) is 4.79 Å². The first-order valence-electron chi connectivity index (χ1n) is 8.12. The Morgan fingerprint density at radius 1 is 1.42 bits per heavy atom. The van der Waals surface area contributed by atoms with Crippen LogP contribution in [0.2, 0.25) is 0 Å². The molecule has 2 atom stereocenters. The average Bonchev–Trinajstić information content (AvgIpc) is 3.26. The highest BCUT2D eigenvalue weighted by molar-refractivity contribution is 7.08. The van der Waals surface area contributed by atoms with Crippen LogP contribution in [0.1, 0.15) is 22.3 Å². The summed E-state index contributed by atoms with van der Waals surface area (Å²) < 4.78 is 11.1. The first kappa shape index (κ1) is 17.1. The fourth-order valence-corrected chi connectivity index (χ4v) is 3.74. The number of rotatable bonds is 7. The first-order chi connectivity index (χ1) is 11.8. The number of carbonyl (C=O) groups is 1. The maximum Gasteiger partial charge on any atom is 0.255 e. The minimum Gasteiger partial charge on any atom is -0.382 e. The van der Waals surface area contributed by atoms with Crippen LogP contribution in [0, 0.1) is 0 Å². The SMILES string of the molecule is COCCO[C@H]1CCN(C(=O)c2ccsc2)[C@H]1Cc1cccnc1. The predicted octanol–water partition coefficient (Wildman–Crippen LogP) is 2.63. The number of ether oxygens (including phenoxy) is 2. The van der Waals surface area contributed by atoms with E-state index in [1.165, 1.54) is 0 Å². The minimum absolute atomic E-state index is 0.0263. The van der Waals surface area contributed by atoms with E-state index < -0.39 is 0 Å². The van der Waals surface area contributed by atoms with Crippen LogP contribution in [0.3, 0.4) is 0 Å². The smallest absolute Gasteiger partial charge is 0.255 e. The van der Waals surface area contributed by atoms with Crippen molar-refractivity contribution in [1.82, 2.24) is 9.88 Å². The van der Waals surface area contributed by atoms with Gasteiger partial charge in [-0.25, -0.2) is 0 Å². The summed E-state index contributed by atoms with van der Waals surface area (Å²) in [4.78, 5) is 19.0. The third-order valence-electron chi connectivity index (χ3n) is 4.30. The third-order valence-corrected chi connectivity index (χ3v) is 4.98. The Morgan fingerprint density at radius 2 is 2.33 bits per heavy atom. The Kier molecular flexibility index (Phi) is 5.96. The quantitative estimate of drug-likeness (QED) is 0.723. The molecular formula is C18H22N2O3S. The summed E-state index contributed by atoms with van der Waals surface area (Å²) in [5.41, 5.74) is 1.88. The second-order valence-corrected chi connectivity index (χ2v) is 6.61. The van der Waals surface area contributed by atoms with Crippen LogP contribution in [0.4, 0.5) is 0 Å². The third kappa shape index (κ3) is 4.01. The lowest BCUT2D eigenvalue weighted by molar-refractivity contribution is 0.000490. The number of aromatic nitrogens is 1. The van der Waals surface area contributed by atoms with E-state index >= 15 is 0 Å². The van der Waals surface area contributed by atoms with Crippen molar-refractivity contribution in [2.24, 2.45) is 0 Å². The normalized spacial score (nSPS) is 20.5. The van der Waals surface area contributed by atoms with Gasteiger partial charge in [0.15, 0.2) is 0 Å². The summed E-state index contributed by atoms with van der Waals surface area (Å²) in [6.07, 6.45) is 5.26. The van der Waals surface area contributed by atoms with Crippen LogP contribution >= 0.6 is 11.3 Å². The molecule has 2 aromatic heterocycles. The lowest BCUT2D eigenvalue weighted by Crippen LogP contribution is -2.42. The summed E-state index contributed by atoms with van der Waals surface area (Å²) in [5.74, 6) is 0.0861. The molecule has 0 saturated carbocycles. The summed E-state index contributed by atoms with van der Waals surface area (Å²) in [5, 5.41) is 3.84. The summed E-state index contributed by atoms with van der Waals surface area (Å²) in [7, 11) is 1.66. The van der Waals surface area contributed by atoms with Crippen molar-refractivity contribution in [3.63, 3.8) is 0 Å². The molecular weight excluding hydrogens is 324 g/mol.